The van der Waals surface area contributed by atoms with Crippen LogP contribution >= 0.6 is 0 Å². The lowest BCUT2D eigenvalue weighted by atomic mass is 9.94. The van der Waals surface area contributed by atoms with Crippen molar-refractivity contribution in [3.8, 4) is 0 Å². The number of hydrogen-bond acceptors (Lipinski definition) is 4. The van der Waals surface area contributed by atoms with Gasteiger partial charge in [-0.1, -0.05) is 24.3 Å². The maximum Gasteiger partial charge on any atom is 0.327 e. The zero-order chi connectivity index (χ0) is 14.4. The molecule has 1 aliphatic heterocycles. The lowest BCUT2D eigenvalue weighted by Gasteiger charge is -2.25. The van der Waals surface area contributed by atoms with Crippen molar-refractivity contribution in [3.63, 3.8) is 0 Å². The molecule has 7 heteroatoms. The fourth-order valence-corrected chi connectivity index (χ4v) is 2.84. The summed E-state index contributed by atoms with van der Waals surface area (Å²) in [6.07, 6.45) is 0.963. The van der Waals surface area contributed by atoms with E-state index in [4.69, 9.17) is 0 Å². The highest BCUT2D eigenvalue weighted by molar-refractivity contribution is 5.69. The monoisotopic (exact) mass is 283 g/mol. The van der Waals surface area contributed by atoms with E-state index in [1.807, 2.05) is 18.2 Å². The lowest BCUT2D eigenvalue weighted by Crippen LogP contribution is -2.31. The van der Waals surface area contributed by atoms with E-state index in [9.17, 15) is 9.59 Å². The van der Waals surface area contributed by atoms with Gasteiger partial charge in [-0.3, -0.25) is 14.8 Å². The molecule has 0 fully saturated rings. The van der Waals surface area contributed by atoms with Crippen molar-refractivity contribution in [1.29, 1.82) is 0 Å². The van der Waals surface area contributed by atoms with E-state index in [0.29, 0.717) is 5.82 Å². The Hall–Kier alpha value is -2.67. The molecule has 0 saturated carbocycles. The van der Waals surface area contributed by atoms with Gasteiger partial charge in [0.2, 0.25) is 0 Å². The molecule has 1 atom stereocenters. The first-order valence-electron chi connectivity index (χ1n) is 6.76. The van der Waals surface area contributed by atoms with Crippen molar-refractivity contribution in [2.45, 2.75) is 12.5 Å². The van der Waals surface area contributed by atoms with Crippen molar-refractivity contribution in [3.05, 3.63) is 62.1 Å². The molecule has 0 bridgehead atoms. The van der Waals surface area contributed by atoms with E-state index in [2.05, 4.69) is 31.3 Å². The predicted molar refractivity (Wildman–Crippen MR) is 77.3 cm³/mol. The molecule has 106 valence electrons. The molecule has 0 spiro atoms. The third-order valence-electron chi connectivity index (χ3n) is 3.79. The number of nitrogens with one attached hydrogen (secondary N) is 4. The van der Waals surface area contributed by atoms with Gasteiger partial charge in [0.15, 0.2) is 5.65 Å². The maximum absolute atomic E-state index is 11.8. The Morgan fingerprint density at radius 2 is 1.95 bits per heavy atom. The van der Waals surface area contributed by atoms with E-state index in [1.54, 1.807) is 0 Å². The molecule has 0 aliphatic carbocycles. The van der Waals surface area contributed by atoms with Gasteiger partial charge in [0, 0.05) is 6.54 Å². The summed E-state index contributed by atoms with van der Waals surface area (Å²) < 4.78 is 0. The first-order chi connectivity index (χ1) is 10.2. The van der Waals surface area contributed by atoms with E-state index in [1.165, 1.54) is 5.56 Å². The van der Waals surface area contributed by atoms with Crippen molar-refractivity contribution < 1.29 is 0 Å². The number of H-pyrrole nitrogens is 3. The molecule has 7 nitrogen and oxygen atoms in total. The number of rotatable bonds is 1. The molecule has 1 unspecified atom stereocenters. The minimum atomic E-state index is -0.553. The Kier molecular flexibility index (Phi) is 2.55. The Balaban J connectivity index is 1.90. The molecule has 3 aromatic rings. The average molecular weight is 283 g/mol. The van der Waals surface area contributed by atoms with Gasteiger partial charge in [-0.15, -0.1) is 0 Å². The van der Waals surface area contributed by atoms with Crippen LogP contribution in [0, 0.1) is 0 Å². The van der Waals surface area contributed by atoms with Crippen LogP contribution < -0.4 is 16.6 Å². The molecule has 1 aromatic carbocycles. The summed E-state index contributed by atoms with van der Waals surface area (Å²) in [5, 5.41) is 3.39. The molecule has 3 heterocycles. The topological polar surface area (TPSA) is 106 Å². The van der Waals surface area contributed by atoms with Crippen LogP contribution in [0.1, 0.15) is 23.0 Å². The number of benzene rings is 1. The van der Waals surface area contributed by atoms with E-state index < -0.39 is 11.2 Å². The molecule has 21 heavy (non-hydrogen) atoms. The van der Waals surface area contributed by atoms with Gasteiger partial charge in [-0.25, -0.2) is 9.78 Å². The van der Waals surface area contributed by atoms with Gasteiger partial charge in [0.05, 0.1) is 6.04 Å². The van der Waals surface area contributed by atoms with Gasteiger partial charge in [-0.2, -0.15) is 0 Å². The number of imidazole rings is 1. The van der Waals surface area contributed by atoms with E-state index >= 15 is 0 Å². The fourth-order valence-electron chi connectivity index (χ4n) is 2.84. The Bertz CT molecular complexity index is 936. The van der Waals surface area contributed by atoms with Gasteiger partial charge in [0.25, 0.3) is 5.56 Å². The van der Waals surface area contributed by atoms with Crippen LogP contribution in [-0.2, 0) is 6.42 Å². The summed E-state index contributed by atoms with van der Waals surface area (Å²) >= 11 is 0. The van der Waals surface area contributed by atoms with E-state index in [0.717, 1.165) is 18.5 Å². The highest BCUT2D eigenvalue weighted by Gasteiger charge is 2.24. The van der Waals surface area contributed by atoms with Crippen LogP contribution in [0.5, 0.6) is 0 Å². The second-order valence-corrected chi connectivity index (χ2v) is 5.09. The minimum Gasteiger partial charge on any atom is -0.334 e. The molecule has 4 N–H and O–H groups in total. The SMILES string of the molecule is O=c1[nH]c(=O)c2[nH]c(C3NCCc4ccccc43)nc2[nH]1. The Morgan fingerprint density at radius 3 is 2.86 bits per heavy atom. The summed E-state index contributed by atoms with van der Waals surface area (Å²) in [7, 11) is 0. The zero-order valence-electron chi connectivity index (χ0n) is 11.1. The molecule has 0 amide bonds. The summed E-state index contributed by atoms with van der Waals surface area (Å²) in [5.41, 5.74) is 1.96. The minimum absolute atomic E-state index is 0.106. The third kappa shape index (κ3) is 1.90. The van der Waals surface area contributed by atoms with Gasteiger partial charge >= 0.3 is 5.69 Å². The summed E-state index contributed by atoms with van der Waals surface area (Å²) in [6, 6.07) is 8.04. The number of hydrogen-bond donors (Lipinski definition) is 4. The number of fused-ring (bicyclic) bond motifs is 2. The fraction of sp³-hybridized carbons (Fsp3) is 0.214. The number of nitrogens with zero attached hydrogens (tertiary/aromatic N) is 1. The van der Waals surface area contributed by atoms with Gasteiger partial charge < -0.3 is 10.3 Å². The first-order valence-corrected chi connectivity index (χ1v) is 6.76. The smallest absolute Gasteiger partial charge is 0.327 e. The van der Waals surface area contributed by atoms with Crippen LogP contribution in [0.3, 0.4) is 0 Å². The van der Waals surface area contributed by atoms with Crippen molar-refractivity contribution >= 4 is 11.2 Å². The molecule has 1 aliphatic rings. The molecular formula is C14H13N5O2. The average Bonchev–Trinajstić information content (AvgIpc) is 2.90. The van der Waals surface area contributed by atoms with Crippen LogP contribution in [-0.4, -0.2) is 26.5 Å². The summed E-state index contributed by atoms with van der Waals surface area (Å²) in [6.45, 7) is 0.839. The standard InChI is InChI=1S/C14H13N5O2/c20-13-10-12(18-14(21)19-13)17-11(16-10)9-8-4-2-1-3-7(8)5-6-15-9/h1-4,9,15H,5-6H2,(H3,16,17,18,19,20,21). The second-order valence-electron chi connectivity index (χ2n) is 5.09. The second kappa shape index (κ2) is 4.42. The zero-order valence-corrected chi connectivity index (χ0v) is 11.1. The highest BCUT2D eigenvalue weighted by atomic mass is 16.2. The molecule has 0 saturated heterocycles. The van der Waals surface area contributed by atoms with E-state index in [-0.39, 0.29) is 17.2 Å². The van der Waals surface area contributed by atoms with Crippen LogP contribution in [0.4, 0.5) is 0 Å². The summed E-state index contributed by atoms with van der Waals surface area (Å²) in [5.74, 6) is 0.629. The molecule has 2 aromatic heterocycles. The highest BCUT2D eigenvalue weighted by Crippen LogP contribution is 2.27. The van der Waals surface area contributed by atoms with Crippen LogP contribution in [0.15, 0.2) is 33.9 Å². The van der Waals surface area contributed by atoms with Gasteiger partial charge in [0.1, 0.15) is 11.3 Å². The Morgan fingerprint density at radius 1 is 1.10 bits per heavy atom. The summed E-state index contributed by atoms with van der Waals surface area (Å²) in [4.78, 5) is 35.2. The Labute approximate surface area is 118 Å². The maximum atomic E-state index is 11.8. The quantitative estimate of drug-likeness (QED) is 0.511. The van der Waals surface area contributed by atoms with Gasteiger partial charge in [-0.05, 0) is 17.5 Å². The predicted octanol–water partition coefficient (Wildman–Crippen LogP) is 0.175. The third-order valence-corrected chi connectivity index (χ3v) is 3.79. The molecule has 0 radical (unpaired) electrons. The molecule has 4 rings (SSSR count). The lowest BCUT2D eigenvalue weighted by molar-refractivity contribution is 0.549. The van der Waals surface area contributed by atoms with Crippen LogP contribution in [0.25, 0.3) is 11.2 Å². The largest absolute Gasteiger partial charge is 0.334 e. The van der Waals surface area contributed by atoms with Crippen LogP contribution in [0.2, 0.25) is 0 Å². The van der Waals surface area contributed by atoms with Crippen molar-refractivity contribution in [2.75, 3.05) is 6.54 Å². The molecular weight excluding hydrogens is 270 g/mol. The number of aromatic nitrogens is 4. The normalized spacial score (nSPS) is 17.8. The van der Waals surface area contributed by atoms with Crippen molar-refractivity contribution in [2.24, 2.45) is 0 Å². The first kappa shape index (κ1) is 12.1. The number of aromatic amines is 3. The van der Waals surface area contributed by atoms with Crippen molar-refractivity contribution in [1.82, 2.24) is 25.3 Å².